The quantitative estimate of drug-likeness (QED) is 0.806. The summed E-state index contributed by atoms with van der Waals surface area (Å²) in [5.74, 6) is -0.0958. The van der Waals surface area contributed by atoms with Crippen LogP contribution in [0.15, 0.2) is 48.5 Å². The number of hydrogen-bond donors (Lipinski definition) is 1. The molecule has 0 saturated heterocycles. The average molecular weight is 375 g/mol. The van der Waals surface area contributed by atoms with E-state index >= 15 is 0 Å². The number of para-hydroxylation sites is 1. The molecular weight excluding hydrogens is 348 g/mol. The molecule has 2 rings (SSSR count). The van der Waals surface area contributed by atoms with E-state index in [1.165, 1.54) is 4.31 Å². The Morgan fingerprint density at radius 2 is 1.69 bits per heavy atom. The van der Waals surface area contributed by atoms with E-state index in [0.717, 1.165) is 28.6 Å². The third-order valence-electron chi connectivity index (χ3n) is 4.25. The van der Waals surface area contributed by atoms with Crippen LogP contribution < -0.4 is 5.32 Å². The molecule has 6 heteroatoms. The van der Waals surface area contributed by atoms with Gasteiger partial charge in [0.2, 0.25) is 15.9 Å². The molecule has 0 aliphatic rings. The maximum atomic E-state index is 12.5. The number of hydrogen-bond acceptors (Lipinski definition) is 3. The summed E-state index contributed by atoms with van der Waals surface area (Å²) in [7, 11) is -3.52. The number of anilines is 1. The highest BCUT2D eigenvalue weighted by Crippen LogP contribution is 2.23. The third-order valence-corrected chi connectivity index (χ3v) is 5.45. The number of rotatable bonds is 7. The van der Waals surface area contributed by atoms with Crippen LogP contribution in [-0.4, -0.2) is 31.4 Å². The molecule has 0 aliphatic heterocycles. The van der Waals surface area contributed by atoms with E-state index in [2.05, 4.69) is 5.32 Å². The second-order valence-corrected chi connectivity index (χ2v) is 8.73. The van der Waals surface area contributed by atoms with Crippen molar-refractivity contribution in [2.24, 2.45) is 0 Å². The van der Waals surface area contributed by atoms with Gasteiger partial charge in [0.1, 0.15) is 0 Å². The van der Waals surface area contributed by atoms with Crippen molar-refractivity contribution in [2.45, 2.75) is 33.2 Å². The molecule has 0 fully saturated rings. The fourth-order valence-electron chi connectivity index (χ4n) is 2.73. The van der Waals surface area contributed by atoms with Crippen LogP contribution in [0.4, 0.5) is 5.69 Å². The van der Waals surface area contributed by atoms with E-state index < -0.39 is 10.0 Å². The van der Waals surface area contributed by atoms with E-state index in [9.17, 15) is 13.2 Å². The Bertz CT molecular complexity index is 876. The van der Waals surface area contributed by atoms with Gasteiger partial charge in [-0.05, 0) is 35.6 Å². The minimum absolute atomic E-state index is 0.171. The molecule has 0 spiro atoms. The van der Waals surface area contributed by atoms with Gasteiger partial charge in [-0.25, -0.2) is 8.42 Å². The predicted octanol–water partition coefficient (Wildman–Crippen LogP) is 3.52. The predicted molar refractivity (Wildman–Crippen MR) is 106 cm³/mol. The minimum Gasteiger partial charge on any atom is -0.325 e. The molecule has 0 saturated carbocycles. The van der Waals surface area contributed by atoms with Gasteiger partial charge in [-0.2, -0.15) is 4.31 Å². The third kappa shape index (κ3) is 5.41. The second kappa shape index (κ2) is 8.47. The van der Waals surface area contributed by atoms with Gasteiger partial charge in [-0.15, -0.1) is 0 Å². The summed E-state index contributed by atoms with van der Waals surface area (Å²) >= 11 is 0. The lowest BCUT2D eigenvalue weighted by Crippen LogP contribution is -2.37. The number of carbonyl (C=O) groups excluding carboxylic acids is 1. The van der Waals surface area contributed by atoms with Crippen molar-refractivity contribution < 1.29 is 13.2 Å². The molecule has 2 aromatic carbocycles. The molecule has 5 nitrogen and oxygen atoms in total. The summed E-state index contributed by atoms with van der Waals surface area (Å²) in [4.78, 5) is 12.5. The van der Waals surface area contributed by atoms with Gasteiger partial charge in [0.15, 0.2) is 0 Å². The van der Waals surface area contributed by atoms with Gasteiger partial charge in [0.05, 0.1) is 12.8 Å². The Kier molecular flexibility index (Phi) is 6.56. The SMILES string of the molecule is Cc1ccccc1CN(CC(=O)Nc1ccccc1C(C)C)S(C)(=O)=O. The monoisotopic (exact) mass is 374 g/mol. The summed E-state index contributed by atoms with van der Waals surface area (Å²) in [6.45, 7) is 5.97. The molecule has 0 heterocycles. The lowest BCUT2D eigenvalue weighted by atomic mass is 10.0. The van der Waals surface area contributed by atoms with Crippen molar-refractivity contribution in [2.75, 3.05) is 18.1 Å². The minimum atomic E-state index is -3.52. The smallest absolute Gasteiger partial charge is 0.239 e. The molecule has 2 aromatic rings. The van der Waals surface area contributed by atoms with Crippen LogP contribution in [0.1, 0.15) is 36.5 Å². The van der Waals surface area contributed by atoms with Crippen molar-refractivity contribution >= 4 is 21.6 Å². The lowest BCUT2D eigenvalue weighted by Gasteiger charge is -2.21. The van der Waals surface area contributed by atoms with Crippen LogP contribution in [0, 0.1) is 6.92 Å². The summed E-state index contributed by atoms with van der Waals surface area (Å²) < 4.78 is 25.5. The summed E-state index contributed by atoms with van der Waals surface area (Å²) in [5.41, 5.74) is 3.61. The highest BCUT2D eigenvalue weighted by Gasteiger charge is 2.21. The Balaban J connectivity index is 2.17. The van der Waals surface area contributed by atoms with Gasteiger partial charge < -0.3 is 5.32 Å². The maximum absolute atomic E-state index is 12.5. The van der Waals surface area contributed by atoms with E-state index in [4.69, 9.17) is 0 Å². The standard InChI is InChI=1S/C20H26N2O3S/c1-15(2)18-11-7-8-12-19(18)21-20(23)14-22(26(4,24)25)13-17-10-6-5-9-16(17)3/h5-12,15H,13-14H2,1-4H3,(H,21,23). The Morgan fingerprint density at radius 1 is 1.08 bits per heavy atom. The normalized spacial score (nSPS) is 11.8. The van der Waals surface area contributed by atoms with Crippen molar-refractivity contribution in [3.63, 3.8) is 0 Å². The lowest BCUT2D eigenvalue weighted by molar-refractivity contribution is -0.116. The second-order valence-electron chi connectivity index (χ2n) is 6.75. The van der Waals surface area contributed by atoms with Crippen LogP contribution in [-0.2, 0) is 21.4 Å². The maximum Gasteiger partial charge on any atom is 0.239 e. The molecule has 140 valence electrons. The Hall–Kier alpha value is -2.18. The fraction of sp³-hybridized carbons (Fsp3) is 0.350. The number of nitrogens with one attached hydrogen (secondary N) is 1. The van der Waals surface area contributed by atoms with E-state index in [0.29, 0.717) is 0 Å². The molecule has 0 atom stereocenters. The van der Waals surface area contributed by atoms with Gasteiger partial charge in [-0.1, -0.05) is 56.3 Å². The van der Waals surface area contributed by atoms with E-state index in [1.807, 2.05) is 69.3 Å². The highest BCUT2D eigenvalue weighted by molar-refractivity contribution is 7.88. The van der Waals surface area contributed by atoms with Crippen LogP contribution >= 0.6 is 0 Å². The number of carbonyl (C=O) groups is 1. The first-order chi connectivity index (χ1) is 12.2. The molecular formula is C20H26N2O3S. The van der Waals surface area contributed by atoms with Gasteiger partial charge in [0.25, 0.3) is 0 Å². The Morgan fingerprint density at radius 3 is 2.31 bits per heavy atom. The first-order valence-electron chi connectivity index (χ1n) is 8.57. The fourth-order valence-corrected chi connectivity index (χ4v) is 3.46. The number of sulfonamides is 1. The zero-order chi connectivity index (χ0) is 19.3. The summed E-state index contributed by atoms with van der Waals surface area (Å²) in [6.07, 6.45) is 1.13. The van der Waals surface area contributed by atoms with Crippen LogP contribution in [0.25, 0.3) is 0 Å². The molecule has 0 aliphatic carbocycles. The number of nitrogens with zero attached hydrogens (tertiary/aromatic N) is 1. The van der Waals surface area contributed by atoms with Crippen LogP contribution in [0.3, 0.4) is 0 Å². The van der Waals surface area contributed by atoms with Gasteiger partial charge in [0, 0.05) is 12.2 Å². The molecule has 0 bridgehead atoms. The van der Waals surface area contributed by atoms with Crippen molar-refractivity contribution in [1.82, 2.24) is 4.31 Å². The number of aryl methyl sites for hydroxylation is 1. The van der Waals surface area contributed by atoms with Crippen molar-refractivity contribution in [3.05, 3.63) is 65.2 Å². The first kappa shape index (κ1) is 20.1. The van der Waals surface area contributed by atoms with Crippen LogP contribution in [0.5, 0.6) is 0 Å². The zero-order valence-corrected chi connectivity index (χ0v) is 16.5. The summed E-state index contributed by atoms with van der Waals surface area (Å²) in [6, 6.07) is 15.1. The largest absolute Gasteiger partial charge is 0.325 e. The van der Waals surface area contributed by atoms with E-state index in [1.54, 1.807) is 0 Å². The van der Waals surface area contributed by atoms with E-state index in [-0.39, 0.29) is 24.9 Å². The van der Waals surface area contributed by atoms with Crippen molar-refractivity contribution in [1.29, 1.82) is 0 Å². The zero-order valence-electron chi connectivity index (χ0n) is 15.7. The van der Waals surface area contributed by atoms with Crippen LogP contribution in [0.2, 0.25) is 0 Å². The van der Waals surface area contributed by atoms with Gasteiger partial charge >= 0.3 is 0 Å². The molecule has 0 radical (unpaired) electrons. The number of benzene rings is 2. The topological polar surface area (TPSA) is 66.5 Å². The molecule has 1 amide bonds. The first-order valence-corrected chi connectivity index (χ1v) is 10.4. The van der Waals surface area contributed by atoms with Crippen molar-refractivity contribution in [3.8, 4) is 0 Å². The Labute approximate surface area is 156 Å². The number of amides is 1. The molecule has 0 aromatic heterocycles. The highest BCUT2D eigenvalue weighted by atomic mass is 32.2. The molecule has 1 N–H and O–H groups in total. The average Bonchev–Trinajstić information content (AvgIpc) is 2.55. The summed E-state index contributed by atoms with van der Waals surface area (Å²) in [5, 5.41) is 2.85. The molecule has 0 unspecified atom stereocenters. The van der Waals surface area contributed by atoms with Gasteiger partial charge in [-0.3, -0.25) is 4.79 Å². The molecule has 26 heavy (non-hydrogen) atoms.